The minimum Gasteiger partial charge on any atom is -0.504 e. The maximum Gasteiger partial charge on any atom is 0.251 e. The Kier molecular flexibility index (Phi) is 6.73. The lowest BCUT2D eigenvalue weighted by molar-refractivity contribution is 0.0950. The molecule has 3 N–H and O–H groups in total. The van der Waals surface area contributed by atoms with E-state index in [0.717, 1.165) is 18.4 Å². The van der Waals surface area contributed by atoms with Crippen LogP contribution in [0.3, 0.4) is 0 Å². The molecule has 2 aromatic rings. The van der Waals surface area contributed by atoms with Gasteiger partial charge in [-0.15, -0.1) is 0 Å². The summed E-state index contributed by atoms with van der Waals surface area (Å²) < 4.78 is 38.0. The number of methoxy groups -OCH3 is 1. The SMILES string of the molecule is COc1cc(CNC(=O)c2cccc(S(=O)(=O)NCC3CCCO3)c2)ccc1O. The topological polar surface area (TPSA) is 114 Å². The quantitative estimate of drug-likeness (QED) is 0.600. The number of benzene rings is 2. The highest BCUT2D eigenvalue weighted by Gasteiger charge is 2.21. The Morgan fingerprint density at radius 3 is 2.83 bits per heavy atom. The highest BCUT2D eigenvalue weighted by Crippen LogP contribution is 2.26. The maximum absolute atomic E-state index is 12.5. The second-order valence-electron chi connectivity index (χ2n) is 6.70. The van der Waals surface area contributed by atoms with E-state index in [1.165, 1.54) is 31.4 Å². The van der Waals surface area contributed by atoms with Crippen LogP contribution in [0.1, 0.15) is 28.8 Å². The molecule has 1 heterocycles. The van der Waals surface area contributed by atoms with Crippen LogP contribution in [0.4, 0.5) is 0 Å². The molecule has 1 aliphatic heterocycles. The van der Waals surface area contributed by atoms with Crippen LogP contribution in [0, 0.1) is 0 Å². The van der Waals surface area contributed by atoms with E-state index in [9.17, 15) is 18.3 Å². The lowest BCUT2D eigenvalue weighted by atomic mass is 10.1. The van der Waals surface area contributed by atoms with E-state index in [4.69, 9.17) is 9.47 Å². The molecule has 1 saturated heterocycles. The third-order valence-electron chi connectivity index (χ3n) is 4.63. The minimum absolute atomic E-state index is 0.0102. The Balaban J connectivity index is 1.64. The van der Waals surface area contributed by atoms with Crippen molar-refractivity contribution in [3.05, 3.63) is 53.6 Å². The van der Waals surface area contributed by atoms with Crippen molar-refractivity contribution in [3.8, 4) is 11.5 Å². The fourth-order valence-corrected chi connectivity index (χ4v) is 4.12. The highest BCUT2D eigenvalue weighted by atomic mass is 32.2. The second kappa shape index (κ2) is 9.25. The number of carbonyl (C=O) groups is 1. The summed E-state index contributed by atoms with van der Waals surface area (Å²) in [7, 11) is -2.30. The van der Waals surface area contributed by atoms with Gasteiger partial charge >= 0.3 is 0 Å². The minimum atomic E-state index is -3.74. The average molecular weight is 420 g/mol. The highest BCUT2D eigenvalue weighted by molar-refractivity contribution is 7.89. The third-order valence-corrected chi connectivity index (χ3v) is 6.05. The molecule has 2 aromatic carbocycles. The first-order valence-corrected chi connectivity index (χ1v) is 10.7. The number of sulfonamides is 1. The van der Waals surface area contributed by atoms with Crippen molar-refractivity contribution in [1.29, 1.82) is 0 Å². The lowest BCUT2D eigenvalue weighted by Gasteiger charge is -2.12. The van der Waals surface area contributed by atoms with Gasteiger partial charge < -0.3 is 19.9 Å². The van der Waals surface area contributed by atoms with E-state index in [1.54, 1.807) is 18.2 Å². The van der Waals surface area contributed by atoms with E-state index < -0.39 is 15.9 Å². The molecule has 0 aromatic heterocycles. The van der Waals surface area contributed by atoms with E-state index in [1.807, 2.05) is 0 Å². The molecule has 1 atom stereocenters. The van der Waals surface area contributed by atoms with Gasteiger partial charge in [0.05, 0.1) is 18.1 Å². The van der Waals surface area contributed by atoms with E-state index in [0.29, 0.717) is 12.4 Å². The van der Waals surface area contributed by atoms with Gasteiger partial charge in [0.25, 0.3) is 5.91 Å². The van der Waals surface area contributed by atoms with Crippen LogP contribution in [0.5, 0.6) is 11.5 Å². The average Bonchev–Trinajstić information content (AvgIpc) is 3.25. The fourth-order valence-electron chi connectivity index (χ4n) is 3.01. The first-order valence-electron chi connectivity index (χ1n) is 9.24. The Hall–Kier alpha value is -2.62. The summed E-state index contributed by atoms with van der Waals surface area (Å²) in [5.41, 5.74) is 0.964. The molecular formula is C20H24N2O6S. The first kappa shape index (κ1) is 21.1. The lowest BCUT2D eigenvalue weighted by Crippen LogP contribution is -2.32. The van der Waals surface area contributed by atoms with Gasteiger partial charge in [-0.1, -0.05) is 12.1 Å². The monoisotopic (exact) mass is 420 g/mol. The van der Waals surface area contributed by atoms with E-state index in [-0.39, 0.29) is 35.4 Å². The van der Waals surface area contributed by atoms with Gasteiger partial charge in [-0.05, 0) is 48.7 Å². The van der Waals surface area contributed by atoms with Crippen LogP contribution in [-0.2, 0) is 21.3 Å². The Bertz CT molecular complexity index is 971. The van der Waals surface area contributed by atoms with Gasteiger partial charge in [-0.25, -0.2) is 13.1 Å². The summed E-state index contributed by atoms with van der Waals surface area (Å²) in [6.07, 6.45) is 1.64. The van der Waals surface area contributed by atoms with Crippen molar-refractivity contribution in [2.75, 3.05) is 20.3 Å². The maximum atomic E-state index is 12.5. The van der Waals surface area contributed by atoms with Crippen molar-refractivity contribution in [2.24, 2.45) is 0 Å². The summed E-state index contributed by atoms with van der Waals surface area (Å²) in [6.45, 7) is 1.06. The number of phenolic OH excluding ortho intramolecular Hbond substituents is 1. The molecule has 8 nitrogen and oxygen atoms in total. The Labute approximate surface area is 169 Å². The number of aromatic hydroxyl groups is 1. The molecule has 0 aliphatic carbocycles. The molecule has 9 heteroatoms. The van der Waals surface area contributed by atoms with Crippen LogP contribution < -0.4 is 14.8 Å². The normalized spacial score (nSPS) is 16.5. The molecule has 3 rings (SSSR count). The van der Waals surface area contributed by atoms with Crippen molar-refractivity contribution < 1.29 is 27.8 Å². The fraction of sp³-hybridized carbons (Fsp3) is 0.350. The van der Waals surface area contributed by atoms with Gasteiger partial charge in [0.1, 0.15) is 0 Å². The number of nitrogens with one attached hydrogen (secondary N) is 2. The van der Waals surface area contributed by atoms with Crippen molar-refractivity contribution in [2.45, 2.75) is 30.4 Å². The van der Waals surface area contributed by atoms with Crippen LogP contribution >= 0.6 is 0 Å². The van der Waals surface area contributed by atoms with E-state index >= 15 is 0 Å². The molecule has 0 saturated carbocycles. The molecule has 1 amide bonds. The summed E-state index contributed by atoms with van der Waals surface area (Å²) >= 11 is 0. The van der Waals surface area contributed by atoms with E-state index in [2.05, 4.69) is 10.0 Å². The standard InChI is InChI=1S/C20H24N2O6S/c1-27-19-10-14(7-8-18(19)23)12-21-20(24)15-4-2-6-17(11-15)29(25,26)22-13-16-5-3-9-28-16/h2,4,6-8,10-11,16,22-23H,3,5,9,12-13H2,1H3,(H,21,24). The third kappa shape index (κ3) is 5.47. The number of ether oxygens (including phenoxy) is 2. The summed E-state index contributed by atoms with van der Waals surface area (Å²) in [6, 6.07) is 10.6. The first-order chi connectivity index (χ1) is 13.9. The van der Waals surface area contributed by atoms with Crippen LogP contribution in [0.2, 0.25) is 0 Å². The van der Waals surface area contributed by atoms with Crippen molar-refractivity contribution in [3.63, 3.8) is 0 Å². The molecule has 1 aliphatic rings. The van der Waals surface area contributed by atoms with Crippen molar-refractivity contribution in [1.82, 2.24) is 10.0 Å². The zero-order chi connectivity index (χ0) is 20.9. The zero-order valence-electron chi connectivity index (χ0n) is 16.1. The van der Waals surface area contributed by atoms with Gasteiger partial charge in [-0.3, -0.25) is 4.79 Å². The second-order valence-corrected chi connectivity index (χ2v) is 8.47. The van der Waals surface area contributed by atoms with Gasteiger partial charge in [0.2, 0.25) is 10.0 Å². The summed E-state index contributed by atoms with van der Waals surface area (Å²) in [5, 5.41) is 12.4. The molecule has 0 bridgehead atoms. The molecular weight excluding hydrogens is 396 g/mol. The molecule has 156 valence electrons. The zero-order valence-corrected chi connectivity index (χ0v) is 16.9. The number of rotatable bonds is 8. The van der Waals surface area contributed by atoms with Gasteiger partial charge in [0, 0.05) is 25.3 Å². The smallest absolute Gasteiger partial charge is 0.251 e. The van der Waals surface area contributed by atoms with Crippen LogP contribution in [0.25, 0.3) is 0 Å². The largest absolute Gasteiger partial charge is 0.504 e. The molecule has 0 spiro atoms. The van der Waals surface area contributed by atoms with Crippen LogP contribution in [-0.4, -0.2) is 45.8 Å². The molecule has 1 fully saturated rings. The van der Waals surface area contributed by atoms with Crippen molar-refractivity contribution >= 4 is 15.9 Å². The molecule has 29 heavy (non-hydrogen) atoms. The molecule has 0 radical (unpaired) electrons. The predicted octanol–water partition coefficient (Wildman–Crippen LogP) is 1.79. The number of phenols is 1. The Morgan fingerprint density at radius 1 is 1.28 bits per heavy atom. The van der Waals surface area contributed by atoms with Crippen LogP contribution in [0.15, 0.2) is 47.4 Å². The Morgan fingerprint density at radius 2 is 2.10 bits per heavy atom. The van der Waals surface area contributed by atoms with Gasteiger partial charge in [0.15, 0.2) is 11.5 Å². The predicted molar refractivity (Wildman–Crippen MR) is 106 cm³/mol. The van der Waals surface area contributed by atoms with Gasteiger partial charge in [-0.2, -0.15) is 0 Å². The number of hydrogen-bond donors (Lipinski definition) is 3. The number of hydrogen-bond acceptors (Lipinski definition) is 6. The summed E-state index contributed by atoms with van der Waals surface area (Å²) in [4.78, 5) is 12.5. The number of amides is 1. The molecule has 1 unspecified atom stereocenters. The summed E-state index contributed by atoms with van der Waals surface area (Å²) in [5.74, 6) is -0.0913. The number of carbonyl (C=O) groups excluding carboxylic acids is 1.